The molecule has 0 radical (unpaired) electrons. The van der Waals surface area contributed by atoms with Crippen LogP contribution in [0.15, 0.2) is 42.7 Å². The Morgan fingerprint density at radius 3 is 2.40 bits per heavy atom. The van der Waals surface area contributed by atoms with Crippen LogP contribution in [0.2, 0.25) is 0 Å². The Hall–Kier alpha value is -3.35. The molecule has 30 heavy (non-hydrogen) atoms. The van der Waals surface area contributed by atoms with Gasteiger partial charge in [0.15, 0.2) is 0 Å². The highest BCUT2D eigenvalue weighted by atomic mass is 16.6. The molecule has 3 aromatic rings. The van der Waals surface area contributed by atoms with Crippen molar-refractivity contribution in [3.05, 3.63) is 65.2 Å². The number of amides is 1. The molecule has 3 rings (SSSR count). The van der Waals surface area contributed by atoms with E-state index in [9.17, 15) is 14.7 Å². The summed E-state index contributed by atoms with van der Waals surface area (Å²) in [5.41, 5.74) is 1.15. The van der Waals surface area contributed by atoms with Crippen molar-refractivity contribution in [1.82, 2.24) is 14.5 Å². The second kappa shape index (κ2) is 8.18. The summed E-state index contributed by atoms with van der Waals surface area (Å²) in [6, 6.07) is 9.19. The molecule has 1 N–H and O–H groups in total. The smallest absolute Gasteiger partial charge is 0.410 e. The zero-order valence-electron chi connectivity index (χ0n) is 18.0. The summed E-state index contributed by atoms with van der Waals surface area (Å²) in [6.45, 7) is 7.78. The molecular formula is C23H27N3O4. The normalized spacial score (nSPS) is 11.5. The van der Waals surface area contributed by atoms with E-state index >= 15 is 0 Å². The first-order valence-electron chi connectivity index (χ1n) is 9.75. The van der Waals surface area contributed by atoms with Crippen LogP contribution in [-0.4, -0.2) is 37.2 Å². The minimum Gasteiger partial charge on any atom is -0.478 e. The Kier molecular flexibility index (Phi) is 5.82. The van der Waals surface area contributed by atoms with Gasteiger partial charge < -0.3 is 14.4 Å². The first kappa shape index (κ1) is 21.4. The van der Waals surface area contributed by atoms with Crippen LogP contribution in [0.5, 0.6) is 0 Å². The van der Waals surface area contributed by atoms with Gasteiger partial charge in [0.05, 0.1) is 18.7 Å². The molecule has 0 atom stereocenters. The predicted molar refractivity (Wildman–Crippen MR) is 114 cm³/mol. The Morgan fingerprint density at radius 2 is 1.83 bits per heavy atom. The number of hydrogen-bond donors (Lipinski definition) is 1. The third-order valence-electron chi connectivity index (χ3n) is 4.81. The zero-order chi connectivity index (χ0) is 22.1. The highest BCUT2D eigenvalue weighted by molar-refractivity contribution is 6.06. The Morgan fingerprint density at radius 1 is 1.17 bits per heavy atom. The maximum Gasteiger partial charge on any atom is 0.410 e. The van der Waals surface area contributed by atoms with Crippen LogP contribution in [-0.2, 0) is 24.9 Å². The maximum atomic E-state index is 13.0. The fraction of sp³-hybridized carbons (Fsp3) is 0.348. The van der Waals surface area contributed by atoms with Gasteiger partial charge in [0.25, 0.3) is 0 Å². The number of nitrogens with zero attached hydrogens (tertiary/aromatic N) is 3. The maximum absolute atomic E-state index is 13.0. The molecule has 0 unspecified atom stereocenters. The number of fused-ring (bicyclic) bond motifs is 1. The molecule has 0 aliphatic carbocycles. The largest absolute Gasteiger partial charge is 0.478 e. The average Bonchev–Trinajstić information content (AvgIpc) is 3.04. The van der Waals surface area contributed by atoms with Crippen molar-refractivity contribution in [2.45, 2.75) is 46.4 Å². The lowest BCUT2D eigenvalue weighted by molar-refractivity contribution is 0.0210. The molecule has 7 heteroatoms. The van der Waals surface area contributed by atoms with Crippen LogP contribution >= 0.6 is 0 Å². The van der Waals surface area contributed by atoms with Crippen molar-refractivity contribution in [3.8, 4) is 0 Å². The summed E-state index contributed by atoms with van der Waals surface area (Å²) >= 11 is 0. The van der Waals surface area contributed by atoms with Gasteiger partial charge in [0.1, 0.15) is 11.4 Å². The third kappa shape index (κ3) is 4.62. The van der Waals surface area contributed by atoms with Crippen molar-refractivity contribution in [2.75, 3.05) is 0 Å². The third-order valence-corrected chi connectivity index (χ3v) is 4.81. The SMILES string of the molecule is Cc1cc(CN(Cc2nccn2C)C(=O)OC(C)(C)C)c2ccccc2c1C(=O)O. The van der Waals surface area contributed by atoms with Crippen LogP contribution in [0.1, 0.15) is 48.1 Å². The fourth-order valence-electron chi connectivity index (χ4n) is 3.46. The van der Waals surface area contributed by atoms with Gasteiger partial charge in [0.2, 0.25) is 0 Å². The zero-order valence-corrected chi connectivity index (χ0v) is 18.0. The minimum atomic E-state index is -0.966. The topological polar surface area (TPSA) is 84.7 Å². The molecule has 0 saturated heterocycles. The van der Waals surface area contributed by atoms with Gasteiger partial charge in [-0.3, -0.25) is 4.90 Å². The number of ether oxygens (including phenoxy) is 1. The van der Waals surface area contributed by atoms with E-state index < -0.39 is 17.7 Å². The second-order valence-corrected chi connectivity index (χ2v) is 8.37. The van der Waals surface area contributed by atoms with E-state index in [0.29, 0.717) is 10.9 Å². The number of aromatic carboxylic acids is 1. The van der Waals surface area contributed by atoms with Crippen LogP contribution < -0.4 is 0 Å². The van der Waals surface area contributed by atoms with E-state index in [-0.39, 0.29) is 18.7 Å². The molecule has 158 valence electrons. The van der Waals surface area contributed by atoms with E-state index in [1.54, 1.807) is 24.1 Å². The molecule has 7 nitrogen and oxygen atoms in total. The monoisotopic (exact) mass is 409 g/mol. The number of carboxylic acids is 1. The van der Waals surface area contributed by atoms with Crippen molar-refractivity contribution in [2.24, 2.45) is 7.05 Å². The van der Waals surface area contributed by atoms with Gasteiger partial charge in [-0.2, -0.15) is 0 Å². The summed E-state index contributed by atoms with van der Waals surface area (Å²) in [7, 11) is 1.87. The van der Waals surface area contributed by atoms with E-state index in [0.717, 1.165) is 16.8 Å². The van der Waals surface area contributed by atoms with Gasteiger partial charge >= 0.3 is 12.1 Å². The molecular weight excluding hydrogens is 382 g/mol. The van der Waals surface area contributed by atoms with Gasteiger partial charge in [-0.1, -0.05) is 30.3 Å². The lowest BCUT2D eigenvalue weighted by Crippen LogP contribution is -2.36. The van der Waals surface area contributed by atoms with Crippen molar-refractivity contribution in [3.63, 3.8) is 0 Å². The number of hydrogen-bond acceptors (Lipinski definition) is 4. The number of carbonyl (C=O) groups excluding carboxylic acids is 1. The second-order valence-electron chi connectivity index (χ2n) is 8.37. The Balaban J connectivity index is 2.05. The number of imidazole rings is 1. The number of carboxylic acid groups (broad SMARTS) is 1. The molecule has 1 aromatic heterocycles. The van der Waals surface area contributed by atoms with Gasteiger partial charge in [-0.05, 0) is 49.6 Å². The first-order valence-corrected chi connectivity index (χ1v) is 9.75. The Labute approximate surface area is 175 Å². The number of benzene rings is 2. The number of carbonyl (C=O) groups is 2. The van der Waals surface area contributed by atoms with Crippen molar-refractivity contribution in [1.29, 1.82) is 0 Å². The first-order chi connectivity index (χ1) is 14.1. The summed E-state index contributed by atoms with van der Waals surface area (Å²) in [5, 5.41) is 11.1. The number of rotatable bonds is 5. The van der Waals surface area contributed by atoms with Crippen LogP contribution in [0, 0.1) is 6.92 Å². The molecule has 1 amide bonds. The quantitative estimate of drug-likeness (QED) is 0.670. The standard InChI is InChI=1S/C23H27N3O4/c1-15-12-16(17-8-6-7-9-18(17)20(15)21(27)28)13-26(22(29)30-23(2,3)4)14-19-24-10-11-25(19)5/h6-12H,13-14H2,1-5H3,(H,27,28). The molecule has 2 aromatic carbocycles. The average molecular weight is 409 g/mol. The fourth-order valence-corrected chi connectivity index (χ4v) is 3.46. The lowest BCUT2D eigenvalue weighted by Gasteiger charge is -2.28. The molecule has 0 spiro atoms. The van der Waals surface area contributed by atoms with Gasteiger partial charge in [0, 0.05) is 19.4 Å². The predicted octanol–water partition coefficient (Wildman–Crippen LogP) is 4.52. The van der Waals surface area contributed by atoms with Crippen LogP contribution in [0.3, 0.4) is 0 Å². The molecule has 0 bridgehead atoms. The molecule has 0 fully saturated rings. The Bertz CT molecular complexity index is 1100. The lowest BCUT2D eigenvalue weighted by atomic mass is 9.95. The highest BCUT2D eigenvalue weighted by Crippen LogP contribution is 2.28. The van der Waals surface area contributed by atoms with Crippen molar-refractivity contribution < 1.29 is 19.4 Å². The van der Waals surface area contributed by atoms with E-state index in [1.807, 2.05) is 62.8 Å². The number of aryl methyl sites for hydroxylation is 2. The van der Waals surface area contributed by atoms with Crippen LogP contribution in [0.25, 0.3) is 10.8 Å². The minimum absolute atomic E-state index is 0.267. The molecule has 1 heterocycles. The van der Waals surface area contributed by atoms with Gasteiger partial charge in [-0.15, -0.1) is 0 Å². The van der Waals surface area contributed by atoms with Crippen LogP contribution in [0.4, 0.5) is 4.79 Å². The van der Waals surface area contributed by atoms with Crippen molar-refractivity contribution >= 4 is 22.8 Å². The molecule has 0 saturated carbocycles. The van der Waals surface area contributed by atoms with E-state index in [1.165, 1.54) is 0 Å². The highest BCUT2D eigenvalue weighted by Gasteiger charge is 2.25. The summed E-state index contributed by atoms with van der Waals surface area (Å²) < 4.78 is 7.48. The van der Waals surface area contributed by atoms with E-state index in [4.69, 9.17) is 4.74 Å². The molecule has 0 aliphatic heterocycles. The van der Waals surface area contributed by atoms with Gasteiger partial charge in [-0.25, -0.2) is 14.6 Å². The number of aromatic nitrogens is 2. The van der Waals surface area contributed by atoms with E-state index in [2.05, 4.69) is 4.98 Å². The summed E-state index contributed by atoms with van der Waals surface area (Å²) in [4.78, 5) is 30.7. The molecule has 0 aliphatic rings. The summed E-state index contributed by atoms with van der Waals surface area (Å²) in [6.07, 6.45) is 3.06. The summed E-state index contributed by atoms with van der Waals surface area (Å²) in [5.74, 6) is -0.240.